The fourth-order valence-corrected chi connectivity index (χ4v) is 8.32. The molecule has 0 unspecified atom stereocenters. The van der Waals surface area contributed by atoms with Crippen molar-refractivity contribution < 1.29 is 14.3 Å². The Hall–Kier alpha value is -2.32. The van der Waals surface area contributed by atoms with Crippen molar-refractivity contribution in [1.29, 1.82) is 0 Å². The minimum atomic E-state index is -0.763. The summed E-state index contributed by atoms with van der Waals surface area (Å²) < 4.78 is 14.4. The van der Waals surface area contributed by atoms with Gasteiger partial charge in [-0.05, 0) is 113 Å². The van der Waals surface area contributed by atoms with Crippen molar-refractivity contribution in [2.24, 2.45) is 5.41 Å². The van der Waals surface area contributed by atoms with E-state index in [9.17, 15) is 9.59 Å². The Morgan fingerprint density at radius 1 is 1.03 bits per heavy atom. The highest BCUT2D eigenvalue weighted by Crippen LogP contribution is 2.63. The van der Waals surface area contributed by atoms with Crippen molar-refractivity contribution in [2.45, 2.75) is 90.5 Å². The predicted molar refractivity (Wildman–Crippen MR) is 150 cm³/mol. The van der Waals surface area contributed by atoms with E-state index in [2.05, 4.69) is 46.8 Å². The fraction of sp³-hybridized carbons (Fsp3) is 0.600. The number of nitrogens with one attached hydrogen (secondary N) is 1. The third kappa shape index (κ3) is 3.55. The summed E-state index contributed by atoms with van der Waals surface area (Å²) in [5.74, 6) is 0.593. The zero-order valence-corrected chi connectivity index (χ0v) is 24.9. The number of aromatic amines is 1. The van der Waals surface area contributed by atoms with Gasteiger partial charge in [-0.2, -0.15) is 0 Å². The highest BCUT2D eigenvalue weighted by Gasteiger charge is 2.62. The molecule has 7 rings (SSSR count). The van der Waals surface area contributed by atoms with Crippen molar-refractivity contribution in [1.82, 2.24) is 14.8 Å². The molecule has 2 bridgehead atoms. The van der Waals surface area contributed by atoms with E-state index in [1.54, 1.807) is 4.90 Å². The number of H-pyrrole nitrogens is 1. The van der Waals surface area contributed by atoms with Crippen LogP contribution in [0.5, 0.6) is 11.5 Å². The maximum atomic E-state index is 13.9. The van der Waals surface area contributed by atoms with Crippen LogP contribution >= 0.6 is 15.9 Å². The van der Waals surface area contributed by atoms with Gasteiger partial charge in [-0.25, -0.2) is 0 Å². The lowest BCUT2D eigenvalue weighted by molar-refractivity contribution is -0.212. The van der Waals surface area contributed by atoms with Crippen LogP contribution in [0.1, 0.15) is 83.8 Å². The Bertz CT molecular complexity index is 1390. The number of ether oxygens (including phenoxy) is 2. The molecule has 1 amide bonds. The number of fused-ring (bicyclic) bond motifs is 5. The third-order valence-corrected chi connectivity index (χ3v) is 11.2. The van der Waals surface area contributed by atoms with Gasteiger partial charge in [0.15, 0.2) is 11.5 Å². The van der Waals surface area contributed by atoms with E-state index in [0.29, 0.717) is 41.9 Å². The predicted octanol–water partition coefficient (Wildman–Crippen LogP) is 5.40. The van der Waals surface area contributed by atoms with Crippen molar-refractivity contribution in [3.63, 3.8) is 0 Å². The van der Waals surface area contributed by atoms with Gasteiger partial charge in [0.1, 0.15) is 0 Å². The molecule has 3 aliphatic carbocycles. The largest absolute Gasteiger partial charge is 0.448 e. The number of amides is 1. The molecule has 0 saturated heterocycles. The standard InChI is InChI=1S/C30H38BrN3O4/c1-17-15-18(2)32-26(35)21(17)16-34-14-7-20-22(27(34)36)19(3)24-25(23(20)31)38-28(4,37-24)29-8-11-30(12-9-29,13-10-29)33(5)6/h15H,7-14,16H2,1-6H3,(H,32,35)/t28-,29?,30?/m0/s1. The summed E-state index contributed by atoms with van der Waals surface area (Å²) in [6, 6.07) is 1.96. The molecule has 1 aromatic heterocycles. The molecule has 8 heteroatoms. The molecule has 38 heavy (non-hydrogen) atoms. The second-order valence-corrected chi connectivity index (χ2v) is 13.2. The number of nitrogens with zero attached hydrogens (tertiary/aromatic N) is 2. The van der Waals surface area contributed by atoms with Crippen LogP contribution in [0.2, 0.25) is 0 Å². The van der Waals surface area contributed by atoms with Crippen molar-refractivity contribution >= 4 is 21.8 Å². The zero-order valence-electron chi connectivity index (χ0n) is 23.3. The molecule has 204 valence electrons. The van der Waals surface area contributed by atoms with Crippen LogP contribution < -0.4 is 15.0 Å². The van der Waals surface area contributed by atoms with Crippen LogP contribution in [0.25, 0.3) is 0 Å². The minimum Gasteiger partial charge on any atom is -0.448 e. The number of carbonyl (C=O) groups is 1. The topological polar surface area (TPSA) is 74.9 Å². The van der Waals surface area contributed by atoms with Gasteiger partial charge in [0.25, 0.3) is 17.3 Å². The average molecular weight is 585 g/mol. The first kappa shape index (κ1) is 25.9. The quantitative estimate of drug-likeness (QED) is 0.521. The SMILES string of the molecule is Cc1cc(C)c(CN2CCc3c(Br)c4c(c(C)c3C2=O)O[C@](C)(C23CCC(N(C)C)(CC2)CC3)O4)c(=O)[nH]1. The fourth-order valence-electron chi connectivity index (χ4n) is 7.67. The normalized spacial score (nSPS) is 29.8. The molecule has 2 aliphatic heterocycles. The van der Waals surface area contributed by atoms with Gasteiger partial charge in [0.2, 0.25) is 0 Å². The molecule has 1 aromatic carbocycles. The number of hydrogen-bond acceptors (Lipinski definition) is 5. The molecule has 3 fully saturated rings. The van der Waals surface area contributed by atoms with Gasteiger partial charge in [-0.1, -0.05) is 0 Å². The number of aryl methyl sites for hydroxylation is 2. The first-order valence-corrected chi connectivity index (χ1v) is 14.6. The number of benzene rings is 1. The Morgan fingerprint density at radius 2 is 1.66 bits per heavy atom. The lowest BCUT2D eigenvalue weighted by Gasteiger charge is -2.59. The third-order valence-electron chi connectivity index (χ3n) is 10.4. The van der Waals surface area contributed by atoms with E-state index in [-0.39, 0.29) is 16.9 Å². The number of halogens is 1. The number of aromatic nitrogens is 1. The monoisotopic (exact) mass is 583 g/mol. The lowest BCUT2D eigenvalue weighted by Crippen LogP contribution is -2.62. The van der Waals surface area contributed by atoms with Crippen LogP contribution in [0.4, 0.5) is 0 Å². The van der Waals surface area contributed by atoms with Gasteiger partial charge >= 0.3 is 0 Å². The molecular weight excluding hydrogens is 546 g/mol. The number of rotatable bonds is 4. The zero-order chi connectivity index (χ0) is 27.2. The summed E-state index contributed by atoms with van der Waals surface area (Å²) in [7, 11) is 4.42. The summed E-state index contributed by atoms with van der Waals surface area (Å²) in [6.45, 7) is 8.72. The summed E-state index contributed by atoms with van der Waals surface area (Å²) >= 11 is 3.81. The molecule has 0 spiro atoms. The lowest BCUT2D eigenvalue weighted by atomic mass is 9.54. The molecule has 1 atom stereocenters. The number of pyridine rings is 1. The Balaban J connectivity index is 1.32. The Kier molecular flexibility index (Phi) is 5.86. The van der Waals surface area contributed by atoms with Gasteiger partial charge in [-0.3, -0.25) is 9.59 Å². The molecule has 7 nitrogen and oxygen atoms in total. The molecule has 2 aromatic rings. The summed E-state index contributed by atoms with van der Waals surface area (Å²) in [5, 5.41) is 0. The van der Waals surface area contributed by atoms with Crippen molar-refractivity contribution in [3.8, 4) is 11.5 Å². The minimum absolute atomic E-state index is 0.0454. The summed E-state index contributed by atoms with van der Waals surface area (Å²) in [5.41, 5.74) is 4.97. The second kappa shape index (κ2) is 8.59. The smallest absolute Gasteiger partial charge is 0.254 e. The van der Waals surface area contributed by atoms with Crippen molar-refractivity contribution in [3.05, 3.63) is 54.4 Å². The molecule has 0 radical (unpaired) electrons. The maximum Gasteiger partial charge on any atom is 0.254 e. The van der Waals surface area contributed by atoms with Crippen LogP contribution in [-0.2, 0) is 13.0 Å². The van der Waals surface area contributed by atoms with E-state index >= 15 is 0 Å². The molecular formula is C30H38BrN3O4. The average Bonchev–Trinajstić information content (AvgIpc) is 3.26. The van der Waals surface area contributed by atoms with E-state index in [1.807, 2.05) is 26.8 Å². The van der Waals surface area contributed by atoms with Crippen LogP contribution in [0, 0.1) is 26.2 Å². The van der Waals surface area contributed by atoms with Gasteiger partial charge in [0, 0.05) is 41.2 Å². The second-order valence-electron chi connectivity index (χ2n) is 12.4. The maximum absolute atomic E-state index is 13.9. The van der Waals surface area contributed by atoms with Gasteiger partial charge in [0.05, 0.1) is 16.6 Å². The van der Waals surface area contributed by atoms with Gasteiger partial charge in [-0.15, -0.1) is 0 Å². The van der Waals surface area contributed by atoms with Crippen LogP contribution in [-0.4, -0.2) is 52.7 Å². The van der Waals surface area contributed by atoms with Crippen LogP contribution in [0.15, 0.2) is 15.3 Å². The van der Waals surface area contributed by atoms with Crippen LogP contribution in [0.3, 0.4) is 0 Å². The van der Waals surface area contributed by atoms with E-state index < -0.39 is 5.79 Å². The number of hydrogen-bond donors (Lipinski definition) is 1. The van der Waals surface area contributed by atoms with Gasteiger partial charge < -0.3 is 24.3 Å². The molecule has 5 aliphatic rings. The van der Waals surface area contributed by atoms with E-state index in [4.69, 9.17) is 9.47 Å². The van der Waals surface area contributed by atoms with Crippen molar-refractivity contribution in [2.75, 3.05) is 20.6 Å². The molecule has 1 N–H and O–H groups in total. The number of carbonyl (C=O) groups excluding carboxylic acids is 1. The van der Waals surface area contributed by atoms with E-state index in [1.165, 1.54) is 0 Å². The Morgan fingerprint density at radius 3 is 2.26 bits per heavy atom. The molecule has 3 heterocycles. The molecule has 3 saturated carbocycles. The highest BCUT2D eigenvalue weighted by molar-refractivity contribution is 9.10. The first-order chi connectivity index (χ1) is 17.9. The first-order valence-electron chi connectivity index (χ1n) is 13.8. The summed E-state index contributed by atoms with van der Waals surface area (Å²) in [4.78, 5) is 33.6. The summed E-state index contributed by atoms with van der Waals surface area (Å²) in [6.07, 6.45) is 7.37. The Labute approximate surface area is 233 Å². The van der Waals surface area contributed by atoms with E-state index in [0.717, 1.165) is 71.1 Å². The highest BCUT2D eigenvalue weighted by atomic mass is 79.9.